The first-order valence-electron chi connectivity index (χ1n) is 11.2. The monoisotopic (exact) mass is 485 g/mol. The molecule has 1 N–H and O–H groups in total. The second-order valence-corrected chi connectivity index (χ2v) is 8.88. The number of hydrogen-bond donors (Lipinski definition) is 1. The number of nitrogens with one attached hydrogen (secondary N) is 1. The van der Waals surface area contributed by atoms with Crippen LogP contribution in [0.15, 0.2) is 87.2 Å². The van der Waals surface area contributed by atoms with E-state index in [0.29, 0.717) is 34.2 Å². The molecule has 2 aromatic heterocycles. The van der Waals surface area contributed by atoms with Crippen LogP contribution in [0, 0.1) is 6.92 Å². The van der Waals surface area contributed by atoms with Gasteiger partial charge in [0.2, 0.25) is 11.5 Å². The van der Waals surface area contributed by atoms with Crippen LogP contribution in [-0.2, 0) is 4.79 Å². The van der Waals surface area contributed by atoms with E-state index in [1.165, 1.54) is 16.3 Å². The van der Waals surface area contributed by atoms with Crippen molar-refractivity contribution in [1.29, 1.82) is 0 Å². The summed E-state index contributed by atoms with van der Waals surface area (Å²) in [4.78, 5) is 31.0. The van der Waals surface area contributed by atoms with Gasteiger partial charge in [0.25, 0.3) is 0 Å². The number of fused-ring (bicyclic) bond motifs is 3. The Hall–Kier alpha value is -4.04. The van der Waals surface area contributed by atoms with Gasteiger partial charge in [0.15, 0.2) is 5.16 Å². The highest BCUT2D eigenvalue weighted by molar-refractivity contribution is 7.99. The molecule has 0 aliphatic heterocycles. The number of hydrogen-bond acceptors (Lipinski definition) is 6. The summed E-state index contributed by atoms with van der Waals surface area (Å²) in [6.07, 6.45) is 0. The first-order chi connectivity index (χ1) is 17.0. The van der Waals surface area contributed by atoms with Gasteiger partial charge >= 0.3 is 5.56 Å². The minimum Gasteiger partial charge on any atom is -0.494 e. The Morgan fingerprint density at radius 2 is 1.80 bits per heavy atom. The summed E-state index contributed by atoms with van der Waals surface area (Å²) in [5.41, 5.74) is 3.35. The van der Waals surface area contributed by atoms with Crippen molar-refractivity contribution in [2.24, 2.45) is 0 Å². The number of aromatic nitrogens is 2. The second kappa shape index (κ2) is 9.68. The molecule has 8 heteroatoms. The molecule has 0 saturated carbocycles. The first-order valence-corrected chi connectivity index (χ1v) is 12.2. The Morgan fingerprint density at radius 1 is 1.06 bits per heavy atom. The van der Waals surface area contributed by atoms with Crippen LogP contribution in [0.25, 0.3) is 27.8 Å². The molecule has 0 radical (unpaired) electrons. The zero-order chi connectivity index (χ0) is 24.4. The summed E-state index contributed by atoms with van der Waals surface area (Å²) < 4.78 is 12.8. The number of furan rings is 1. The highest BCUT2D eigenvalue weighted by Crippen LogP contribution is 2.28. The van der Waals surface area contributed by atoms with Gasteiger partial charge < -0.3 is 14.5 Å². The SMILES string of the molecule is CCOc1ccc(NC(=O)CSc2nc3c(oc4ccccc43)c(=O)n2-c2ccc(C)cc2)cc1. The Labute approximate surface area is 205 Å². The van der Waals surface area contributed by atoms with Crippen LogP contribution in [0.5, 0.6) is 5.75 Å². The van der Waals surface area contributed by atoms with Crippen molar-refractivity contribution in [2.75, 3.05) is 17.7 Å². The minimum atomic E-state index is -0.315. The number of amides is 1. The fourth-order valence-electron chi connectivity index (χ4n) is 3.77. The summed E-state index contributed by atoms with van der Waals surface area (Å²) in [7, 11) is 0. The number of thioether (sulfide) groups is 1. The van der Waals surface area contributed by atoms with Gasteiger partial charge in [0.1, 0.15) is 16.8 Å². The molecule has 0 atom stereocenters. The van der Waals surface area contributed by atoms with E-state index in [1.807, 2.05) is 62.4 Å². The fraction of sp³-hybridized carbons (Fsp3) is 0.148. The molecule has 0 unspecified atom stereocenters. The Morgan fingerprint density at radius 3 is 2.54 bits per heavy atom. The topological polar surface area (TPSA) is 86.4 Å². The van der Waals surface area contributed by atoms with Crippen LogP contribution in [-0.4, -0.2) is 27.8 Å². The maximum atomic E-state index is 13.5. The van der Waals surface area contributed by atoms with Crippen molar-refractivity contribution < 1.29 is 13.9 Å². The number of aryl methyl sites for hydroxylation is 1. The molecule has 35 heavy (non-hydrogen) atoms. The summed E-state index contributed by atoms with van der Waals surface area (Å²) in [6, 6.07) is 22.2. The van der Waals surface area contributed by atoms with E-state index < -0.39 is 0 Å². The van der Waals surface area contributed by atoms with Crippen molar-refractivity contribution in [2.45, 2.75) is 19.0 Å². The van der Waals surface area contributed by atoms with Crippen LogP contribution in [0.3, 0.4) is 0 Å². The quantitative estimate of drug-likeness (QED) is 0.240. The third-order valence-corrected chi connectivity index (χ3v) is 6.38. The molecule has 5 rings (SSSR count). The molecule has 0 aliphatic rings. The standard InChI is InChI=1S/C27H23N3O4S/c1-3-33-20-14-10-18(11-15-20)28-23(31)16-35-27-29-24-21-6-4-5-7-22(21)34-25(24)26(32)30(27)19-12-8-17(2)9-13-19/h4-15H,3,16H2,1-2H3,(H,28,31). The van der Waals surface area contributed by atoms with Gasteiger partial charge in [-0.1, -0.05) is 41.6 Å². The maximum absolute atomic E-state index is 13.5. The third kappa shape index (κ3) is 4.65. The van der Waals surface area contributed by atoms with E-state index in [0.717, 1.165) is 16.7 Å². The van der Waals surface area contributed by atoms with Gasteiger partial charge in [-0.3, -0.25) is 14.2 Å². The maximum Gasteiger partial charge on any atom is 0.302 e. The van der Waals surface area contributed by atoms with E-state index in [9.17, 15) is 9.59 Å². The van der Waals surface area contributed by atoms with Crippen molar-refractivity contribution in [3.63, 3.8) is 0 Å². The Kier molecular flexibility index (Phi) is 6.29. The number of carbonyl (C=O) groups excluding carboxylic acids is 1. The molecule has 1 amide bonds. The number of rotatable bonds is 7. The molecular formula is C27H23N3O4S. The van der Waals surface area contributed by atoms with Gasteiger partial charge in [-0.25, -0.2) is 4.98 Å². The Bertz CT molecular complexity index is 1570. The highest BCUT2D eigenvalue weighted by Gasteiger charge is 2.19. The lowest BCUT2D eigenvalue weighted by Crippen LogP contribution is -2.22. The van der Waals surface area contributed by atoms with E-state index in [1.54, 1.807) is 24.3 Å². The van der Waals surface area contributed by atoms with Gasteiger partial charge in [0, 0.05) is 11.1 Å². The number of carbonyl (C=O) groups is 1. The Balaban J connectivity index is 1.48. The number of anilines is 1. The van der Waals surface area contributed by atoms with E-state index in [-0.39, 0.29) is 22.8 Å². The lowest BCUT2D eigenvalue weighted by molar-refractivity contribution is -0.113. The van der Waals surface area contributed by atoms with Crippen molar-refractivity contribution in [1.82, 2.24) is 9.55 Å². The van der Waals surface area contributed by atoms with Gasteiger partial charge in [-0.05, 0) is 62.4 Å². The summed E-state index contributed by atoms with van der Waals surface area (Å²) in [6.45, 7) is 4.48. The molecule has 0 fully saturated rings. The zero-order valence-electron chi connectivity index (χ0n) is 19.3. The normalized spacial score (nSPS) is 11.1. The molecule has 2 heterocycles. The minimum absolute atomic E-state index is 0.0762. The molecule has 176 valence electrons. The number of ether oxygens (including phenoxy) is 1. The summed E-state index contributed by atoms with van der Waals surface area (Å²) in [5, 5.41) is 4.05. The largest absolute Gasteiger partial charge is 0.494 e. The summed E-state index contributed by atoms with van der Waals surface area (Å²) >= 11 is 1.20. The average Bonchev–Trinajstić information content (AvgIpc) is 3.24. The number of nitrogens with zero attached hydrogens (tertiary/aromatic N) is 2. The molecule has 0 spiro atoms. The lowest BCUT2D eigenvalue weighted by Gasteiger charge is -2.12. The molecule has 5 aromatic rings. The zero-order valence-corrected chi connectivity index (χ0v) is 20.1. The molecule has 0 aliphatic carbocycles. The molecule has 0 saturated heterocycles. The van der Waals surface area contributed by atoms with Crippen LogP contribution >= 0.6 is 11.8 Å². The lowest BCUT2D eigenvalue weighted by atomic mass is 10.2. The van der Waals surface area contributed by atoms with E-state index in [4.69, 9.17) is 14.1 Å². The predicted molar refractivity (Wildman–Crippen MR) is 139 cm³/mol. The van der Waals surface area contributed by atoms with Crippen molar-refractivity contribution >= 4 is 45.4 Å². The smallest absolute Gasteiger partial charge is 0.302 e. The van der Waals surface area contributed by atoms with Gasteiger partial charge in [-0.15, -0.1) is 0 Å². The van der Waals surface area contributed by atoms with Gasteiger partial charge in [0.05, 0.1) is 18.0 Å². The van der Waals surface area contributed by atoms with E-state index >= 15 is 0 Å². The predicted octanol–water partition coefficient (Wildman–Crippen LogP) is 5.57. The molecule has 0 bridgehead atoms. The van der Waals surface area contributed by atoms with Crippen molar-refractivity contribution in [3.05, 3.63) is 88.7 Å². The average molecular weight is 486 g/mol. The van der Waals surface area contributed by atoms with Crippen LogP contribution in [0.2, 0.25) is 0 Å². The van der Waals surface area contributed by atoms with Crippen LogP contribution < -0.4 is 15.6 Å². The fourth-order valence-corrected chi connectivity index (χ4v) is 4.57. The highest BCUT2D eigenvalue weighted by atomic mass is 32.2. The van der Waals surface area contributed by atoms with Crippen molar-refractivity contribution in [3.8, 4) is 11.4 Å². The van der Waals surface area contributed by atoms with Crippen LogP contribution in [0.4, 0.5) is 5.69 Å². The molecular weight excluding hydrogens is 462 g/mol. The first kappa shape index (κ1) is 22.7. The van der Waals surface area contributed by atoms with E-state index in [2.05, 4.69) is 5.32 Å². The number of para-hydroxylation sites is 1. The van der Waals surface area contributed by atoms with Gasteiger partial charge in [-0.2, -0.15) is 0 Å². The van der Waals surface area contributed by atoms with Crippen LogP contribution in [0.1, 0.15) is 12.5 Å². The second-order valence-electron chi connectivity index (χ2n) is 7.94. The number of benzene rings is 3. The third-order valence-electron chi connectivity index (χ3n) is 5.44. The molecule has 7 nitrogen and oxygen atoms in total. The molecule has 3 aromatic carbocycles. The summed E-state index contributed by atoms with van der Waals surface area (Å²) in [5.74, 6) is 0.611.